The molecule has 0 amide bonds. The normalized spacial score (nSPS) is 16.4. The molecule has 5 nitrogen and oxygen atoms in total. The largest absolute Gasteiger partial charge is 0.378 e. The van der Waals surface area contributed by atoms with Crippen LogP contribution in [0.2, 0.25) is 5.15 Å². The van der Waals surface area contributed by atoms with Crippen molar-refractivity contribution in [1.82, 2.24) is 15.0 Å². The van der Waals surface area contributed by atoms with Gasteiger partial charge in [0.15, 0.2) is 5.82 Å². The number of anilines is 1. The van der Waals surface area contributed by atoms with Gasteiger partial charge in [-0.25, -0.2) is 15.0 Å². The van der Waals surface area contributed by atoms with Gasteiger partial charge in [0.1, 0.15) is 17.0 Å². The van der Waals surface area contributed by atoms with Gasteiger partial charge in [0, 0.05) is 13.1 Å². The molecule has 2 aromatic heterocycles. The molecule has 6 heteroatoms. The summed E-state index contributed by atoms with van der Waals surface area (Å²) in [7, 11) is 0. The predicted octanol–water partition coefficient (Wildman–Crippen LogP) is 1.51. The fraction of sp³-hybridized carbons (Fsp3) is 0.364. The Hall–Kier alpha value is -1.46. The number of hydrogen-bond acceptors (Lipinski definition) is 5. The Morgan fingerprint density at radius 2 is 2.00 bits per heavy atom. The van der Waals surface area contributed by atoms with Crippen molar-refractivity contribution in [3.05, 3.63) is 23.6 Å². The molecule has 0 N–H and O–H groups in total. The lowest BCUT2D eigenvalue weighted by Gasteiger charge is -2.28. The van der Waals surface area contributed by atoms with E-state index in [9.17, 15) is 0 Å². The third-order valence-electron chi connectivity index (χ3n) is 2.74. The number of nitrogens with zero attached hydrogens (tertiary/aromatic N) is 4. The Balaban J connectivity index is 2.11. The van der Waals surface area contributed by atoms with E-state index in [0.717, 1.165) is 29.9 Å². The molecular weight excluding hydrogens is 240 g/mol. The molecule has 2 aromatic rings. The van der Waals surface area contributed by atoms with Crippen molar-refractivity contribution in [2.45, 2.75) is 0 Å². The van der Waals surface area contributed by atoms with Crippen molar-refractivity contribution in [3.8, 4) is 0 Å². The highest BCUT2D eigenvalue weighted by Gasteiger charge is 2.16. The van der Waals surface area contributed by atoms with Gasteiger partial charge < -0.3 is 9.64 Å². The van der Waals surface area contributed by atoms with Crippen LogP contribution in [0.25, 0.3) is 11.0 Å². The molecule has 0 aliphatic carbocycles. The van der Waals surface area contributed by atoms with E-state index < -0.39 is 0 Å². The van der Waals surface area contributed by atoms with E-state index in [0.29, 0.717) is 18.4 Å². The number of hydrogen-bond donors (Lipinski definition) is 0. The lowest BCUT2D eigenvalue weighted by Crippen LogP contribution is -2.37. The second kappa shape index (κ2) is 4.43. The van der Waals surface area contributed by atoms with Crippen molar-refractivity contribution in [1.29, 1.82) is 0 Å². The van der Waals surface area contributed by atoms with Gasteiger partial charge in [-0.3, -0.25) is 0 Å². The second-order valence-electron chi connectivity index (χ2n) is 3.80. The molecule has 3 heterocycles. The monoisotopic (exact) mass is 250 g/mol. The first-order valence-electron chi connectivity index (χ1n) is 5.44. The summed E-state index contributed by atoms with van der Waals surface area (Å²) in [6, 6.07) is 3.59. The van der Waals surface area contributed by atoms with E-state index >= 15 is 0 Å². The molecular formula is C11H11ClN4O. The van der Waals surface area contributed by atoms with Crippen LogP contribution in [0, 0.1) is 0 Å². The molecule has 1 saturated heterocycles. The molecule has 0 bridgehead atoms. The first-order chi connectivity index (χ1) is 8.34. The highest BCUT2D eigenvalue weighted by Crippen LogP contribution is 2.23. The van der Waals surface area contributed by atoms with Gasteiger partial charge in [-0.2, -0.15) is 0 Å². The van der Waals surface area contributed by atoms with Crippen LogP contribution in [0.3, 0.4) is 0 Å². The summed E-state index contributed by atoms with van der Waals surface area (Å²) in [5.74, 6) is 0.834. The maximum Gasteiger partial charge on any atom is 0.158 e. The molecule has 0 unspecified atom stereocenters. The highest BCUT2D eigenvalue weighted by molar-refractivity contribution is 6.29. The van der Waals surface area contributed by atoms with Crippen LogP contribution < -0.4 is 4.90 Å². The summed E-state index contributed by atoms with van der Waals surface area (Å²) < 4.78 is 5.33. The first-order valence-corrected chi connectivity index (χ1v) is 5.82. The SMILES string of the molecule is Clc1ccc2ncnc(N3CCOCC3)c2n1. The number of fused-ring (bicyclic) bond motifs is 1. The third-order valence-corrected chi connectivity index (χ3v) is 2.95. The Bertz CT molecular complexity index is 542. The zero-order valence-corrected chi connectivity index (χ0v) is 9.89. The number of halogens is 1. The van der Waals surface area contributed by atoms with Crippen molar-refractivity contribution in [3.63, 3.8) is 0 Å². The molecule has 17 heavy (non-hydrogen) atoms. The van der Waals surface area contributed by atoms with Crippen LogP contribution >= 0.6 is 11.6 Å². The van der Waals surface area contributed by atoms with Gasteiger partial charge in [0.25, 0.3) is 0 Å². The summed E-state index contributed by atoms with van der Waals surface area (Å²) in [4.78, 5) is 15.0. The van der Waals surface area contributed by atoms with E-state index in [-0.39, 0.29) is 0 Å². The van der Waals surface area contributed by atoms with Crippen LogP contribution in [-0.2, 0) is 4.74 Å². The molecule has 0 radical (unpaired) electrons. The summed E-state index contributed by atoms with van der Waals surface area (Å²) in [5.41, 5.74) is 1.56. The van der Waals surface area contributed by atoms with Gasteiger partial charge in [-0.1, -0.05) is 11.6 Å². The number of rotatable bonds is 1. The van der Waals surface area contributed by atoms with Gasteiger partial charge in [0.05, 0.1) is 18.7 Å². The van der Waals surface area contributed by atoms with Crippen molar-refractivity contribution in [2.75, 3.05) is 31.2 Å². The van der Waals surface area contributed by atoms with E-state index in [1.807, 2.05) is 6.07 Å². The van der Waals surface area contributed by atoms with E-state index in [1.165, 1.54) is 0 Å². The van der Waals surface area contributed by atoms with Gasteiger partial charge in [-0.05, 0) is 12.1 Å². The third kappa shape index (κ3) is 2.03. The number of aromatic nitrogens is 3. The Morgan fingerprint density at radius 1 is 1.18 bits per heavy atom. The molecule has 3 rings (SSSR count). The Morgan fingerprint density at radius 3 is 2.82 bits per heavy atom. The number of ether oxygens (including phenoxy) is 1. The van der Waals surface area contributed by atoms with Crippen LogP contribution in [0.15, 0.2) is 18.5 Å². The van der Waals surface area contributed by atoms with Crippen molar-refractivity contribution in [2.24, 2.45) is 0 Å². The van der Waals surface area contributed by atoms with Gasteiger partial charge in [0.2, 0.25) is 0 Å². The maximum absolute atomic E-state index is 5.92. The summed E-state index contributed by atoms with van der Waals surface area (Å²) in [5, 5.41) is 0.460. The Labute approximate surface area is 103 Å². The topological polar surface area (TPSA) is 51.1 Å². The summed E-state index contributed by atoms with van der Waals surface area (Å²) in [6.45, 7) is 3.07. The molecule has 0 aromatic carbocycles. The van der Waals surface area contributed by atoms with Crippen molar-refractivity contribution < 1.29 is 4.74 Å². The summed E-state index contributed by atoms with van der Waals surface area (Å²) >= 11 is 5.92. The average Bonchev–Trinajstić information content (AvgIpc) is 2.39. The fourth-order valence-corrected chi connectivity index (χ4v) is 2.06. The molecule has 1 aliphatic rings. The first kappa shape index (κ1) is 10.7. The quantitative estimate of drug-likeness (QED) is 0.718. The predicted molar refractivity (Wildman–Crippen MR) is 65.4 cm³/mol. The zero-order chi connectivity index (χ0) is 11.7. The minimum Gasteiger partial charge on any atom is -0.378 e. The number of pyridine rings is 1. The number of morpholine rings is 1. The highest BCUT2D eigenvalue weighted by atomic mass is 35.5. The van der Waals surface area contributed by atoms with E-state index in [4.69, 9.17) is 16.3 Å². The lowest BCUT2D eigenvalue weighted by atomic mass is 10.3. The van der Waals surface area contributed by atoms with Gasteiger partial charge in [-0.15, -0.1) is 0 Å². The minimum atomic E-state index is 0.460. The lowest BCUT2D eigenvalue weighted by molar-refractivity contribution is 0.122. The smallest absolute Gasteiger partial charge is 0.158 e. The Kier molecular flexibility index (Phi) is 2.78. The summed E-state index contributed by atoms with van der Waals surface area (Å²) in [6.07, 6.45) is 1.56. The van der Waals surface area contributed by atoms with Crippen LogP contribution in [0.4, 0.5) is 5.82 Å². The zero-order valence-electron chi connectivity index (χ0n) is 9.14. The van der Waals surface area contributed by atoms with E-state index in [2.05, 4.69) is 19.9 Å². The van der Waals surface area contributed by atoms with Crippen LogP contribution in [-0.4, -0.2) is 41.3 Å². The van der Waals surface area contributed by atoms with Crippen molar-refractivity contribution >= 4 is 28.5 Å². The molecule has 88 valence electrons. The second-order valence-corrected chi connectivity index (χ2v) is 4.19. The molecule has 0 saturated carbocycles. The standard InChI is InChI=1S/C11H11ClN4O/c12-9-2-1-8-10(15-9)11(14-7-13-8)16-3-5-17-6-4-16/h1-2,7H,3-6H2. The van der Waals surface area contributed by atoms with Crippen LogP contribution in [0.1, 0.15) is 0 Å². The van der Waals surface area contributed by atoms with Crippen LogP contribution in [0.5, 0.6) is 0 Å². The fourth-order valence-electron chi connectivity index (χ4n) is 1.91. The van der Waals surface area contributed by atoms with E-state index in [1.54, 1.807) is 12.4 Å². The van der Waals surface area contributed by atoms with Gasteiger partial charge >= 0.3 is 0 Å². The molecule has 1 aliphatic heterocycles. The molecule has 0 atom stereocenters. The average molecular weight is 251 g/mol. The maximum atomic E-state index is 5.92. The molecule has 0 spiro atoms. The molecule has 1 fully saturated rings. The minimum absolute atomic E-state index is 0.460.